The van der Waals surface area contributed by atoms with Gasteiger partial charge in [0.2, 0.25) is 0 Å². The Morgan fingerprint density at radius 1 is 1.10 bits per heavy atom. The van der Waals surface area contributed by atoms with Crippen LogP contribution in [-0.4, -0.2) is 29.6 Å². The van der Waals surface area contributed by atoms with Crippen molar-refractivity contribution in [3.63, 3.8) is 0 Å². The molecule has 0 bridgehead atoms. The van der Waals surface area contributed by atoms with Crippen molar-refractivity contribution in [2.45, 2.75) is 46.1 Å². The number of aryl methyl sites for hydroxylation is 2. The van der Waals surface area contributed by atoms with E-state index in [1.165, 1.54) is 11.1 Å². The van der Waals surface area contributed by atoms with Crippen LogP contribution >= 0.6 is 12.2 Å². The average molecular weight is 440 g/mol. The normalized spacial score (nSPS) is 18.3. The maximum atomic E-state index is 11.2. The van der Waals surface area contributed by atoms with E-state index < -0.39 is 5.97 Å². The zero-order valence-corrected chi connectivity index (χ0v) is 19.3. The van der Waals surface area contributed by atoms with Crippen LogP contribution in [0.3, 0.4) is 0 Å². The van der Waals surface area contributed by atoms with Gasteiger partial charge in [-0.3, -0.25) is 0 Å². The van der Waals surface area contributed by atoms with Crippen molar-refractivity contribution in [1.82, 2.24) is 4.90 Å². The molecule has 166 valence electrons. The highest BCUT2D eigenvalue weighted by Crippen LogP contribution is 2.30. The Balaban J connectivity index is 1.72. The molecule has 0 atom stereocenters. The summed E-state index contributed by atoms with van der Waals surface area (Å²) in [7, 11) is 1.66. The van der Waals surface area contributed by atoms with Gasteiger partial charge < -0.3 is 24.9 Å². The lowest BCUT2D eigenvalue weighted by Crippen LogP contribution is -2.40. The monoisotopic (exact) mass is 439 g/mol. The van der Waals surface area contributed by atoms with Gasteiger partial charge in [-0.1, -0.05) is 18.2 Å². The molecule has 0 aromatic heterocycles. The Labute approximate surface area is 190 Å². The van der Waals surface area contributed by atoms with E-state index >= 15 is 0 Å². The molecule has 0 amide bonds. The van der Waals surface area contributed by atoms with Crippen LogP contribution in [0.25, 0.3) is 0 Å². The summed E-state index contributed by atoms with van der Waals surface area (Å²) in [5, 5.41) is 15.3. The molecule has 0 aliphatic heterocycles. The zero-order valence-electron chi connectivity index (χ0n) is 18.5. The van der Waals surface area contributed by atoms with Gasteiger partial charge in [0.25, 0.3) is 0 Å². The Morgan fingerprint density at radius 3 is 2.26 bits per heavy atom. The summed E-state index contributed by atoms with van der Waals surface area (Å²) >= 11 is 5.81. The molecule has 31 heavy (non-hydrogen) atoms. The van der Waals surface area contributed by atoms with E-state index in [-0.39, 0.29) is 5.92 Å². The van der Waals surface area contributed by atoms with Crippen LogP contribution in [0.5, 0.6) is 5.75 Å². The van der Waals surface area contributed by atoms with Crippen molar-refractivity contribution in [1.29, 1.82) is 0 Å². The van der Waals surface area contributed by atoms with Crippen LogP contribution < -0.4 is 15.2 Å². The zero-order chi connectivity index (χ0) is 22.4. The summed E-state index contributed by atoms with van der Waals surface area (Å²) in [5.74, 6) is 0.00635. The first-order valence-electron chi connectivity index (χ1n) is 10.8. The fourth-order valence-electron chi connectivity index (χ4n) is 4.31. The Morgan fingerprint density at radius 2 is 1.71 bits per heavy atom. The number of ether oxygens (including phenoxy) is 1. The number of aliphatic carboxylic acids is 1. The predicted octanol–water partition coefficient (Wildman–Crippen LogP) is 4.07. The molecule has 6 heteroatoms. The van der Waals surface area contributed by atoms with E-state index in [1.807, 2.05) is 12.1 Å². The van der Waals surface area contributed by atoms with Gasteiger partial charge in [-0.25, -0.2) is 0 Å². The van der Waals surface area contributed by atoms with E-state index in [0.29, 0.717) is 30.4 Å². The minimum atomic E-state index is -0.916. The van der Waals surface area contributed by atoms with Gasteiger partial charge in [-0.15, -0.1) is 0 Å². The number of carboxylic acids is 1. The van der Waals surface area contributed by atoms with Crippen LogP contribution in [0.15, 0.2) is 42.5 Å². The van der Waals surface area contributed by atoms with Gasteiger partial charge in [0.1, 0.15) is 5.75 Å². The summed E-state index contributed by atoms with van der Waals surface area (Å²) < 4.78 is 5.27. The SMILES string of the molecule is COc1ccc(CN(CC2CCC(C(=O)[O-])CC2)C(=S)Nc2cc(C)cc(C)c2)cc1. The van der Waals surface area contributed by atoms with Gasteiger partial charge >= 0.3 is 0 Å². The number of thiocarbonyl (C=S) groups is 1. The molecule has 2 aromatic rings. The summed E-state index contributed by atoms with van der Waals surface area (Å²) in [6, 6.07) is 14.3. The summed E-state index contributed by atoms with van der Waals surface area (Å²) in [4.78, 5) is 13.4. The molecular formula is C25H31N2O3S-. The Hall–Kier alpha value is -2.60. The van der Waals surface area contributed by atoms with Crippen LogP contribution in [-0.2, 0) is 11.3 Å². The number of hydrogen-bond acceptors (Lipinski definition) is 4. The van der Waals surface area contributed by atoms with Crippen molar-refractivity contribution >= 4 is 29.0 Å². The third-order valence-corrected chi connectivity index (χ3v) is 6.31. The van der Waals surface area contributed by atoms with E-state index in [1.54, 1.807) is 7.11 Å². The van der Waals surface area contributed by atoms with E-state index in [0.717, 1.165) is 36.4 Å². The summed E-state index contributed by atoms with van der Waals surface area (Å²) in [6.45, 7) is 5.63. The molecule has 1 saturated carbocycles. The third-order valence-electron chi connectivity index (χ3n) is 5.95. The second kappa shape index (κ2) is 10.6. The highest BCUT2D eigenvalue weighted by Gasteiger charge is 2.24. The number of nitrogens with zero attached hydrogens (tertiary/aromatic N) is 1. The molecule has 1 aliphatic rings. The number of nitrogens with one attached hydrogen (secondary N) is 1. The lowest BCUT2D eigenvalue weighted by Gasteiger charge is -2.34. The first-order chi connectivity index (χ1) is 14.8. The number of benzene rings is 2. The second-order valence-electron chi connectivity index (χ2n) is 8.57. The standard InChI is InChI=1S/C25H32N2O3S/c1-17-12-18(2)14-22(13-17)26-25(31)27(16-20-6-10-23(30-3)11-7-20)15-19-4-8-21(9-5-19)24(28)29/h6-7,10-14,19,21H,4-5,8-9,15-16H2,1-3H3,(H,26,31)(H,28,29)/p-1. The van der Waals surface area contributed by atoms with Gasteiger partial charge in [-0.05, 0) is 105 Å². The molecule has 2 aromatic carbocycles. The van der Waals surface area contributed by atoms with E-state index in [2.05, 4.69) is 54.4 Å². The smallest absolute Gasteiger partial charge is 0.173 e. The lowest BCUT2D eigenvalue weighted by atomic mass is 9.82. The molecule has 5 nitrogen and oxygen atoms in total. The maximum absolute atomic E-state index is 11.2. The molecule has 0 radical (unpaired) electrons. The molecular weight excluding hydrogens is 408 g/mol. The second-order valence-corrected chi connectivity index (χ2v) is 8.96. The average Bonchev–Trinajstić information content (AvgIpc) is 2.73. The minimum absolute atomic E-state index is 0.313. The van der Waals surface area contributed by atoms with Gasteiger partial charge in [0.15, 0.2) is 5.11 Å². The molecule has 0 unspecified atom stereocenters. The molecule has 0 spiro atoms. The predicted molar refractivity (Wildman–Crippen MR) is 126 cm³/mol. The fraction of sp³-hybridized carbons (Fsp3) is 0.440. The lowest BCUT2D eigenvalue weighted by molar-refractivity contribution is -0.312. The number of carbonyl (C=O) groups excluding carboxylic acids is 1. The number of anilines is 1. The quantitative estimate of drug-likeness (QED) is 0.656. The van der Waals surface area contributed by atoms with Gasteiger partial charge in [0.05, 0.1) is 7.11 Å². The van der Waals surface area contributed by atoms with E-state index in [9.17, 15) is 9.90 Å². The Kier molecular flexibility index (Phi) is 7.91. The maximum Gasteiger partial charge on any atom is 0.173 e. The highest BCUT2D eigenvalue weighted by atomic mass is 32.1. The number of rotatable bonds is 7. The van der Waals surface area contributed by atoms with Crippen molar-refractivity contribution in [2.24, 2.45) is 11.8 Å². The van der Waals surface area contributed by atoms with Gasteiger partial charge in [0, 0.05) is 24.7 Å². The topological polar surface area (TPSA) is 64.6 Å². The van der Waals surface area contributed by atoms with Crippen molar-refractivity contribution in [2.75, 3.05) is 19.0 Å². The first kappa shape index (κ1) is 23.1. The molecule has 1 fully saturated rings. The third kappa shape index (κ3) is 6.69. The number of hydrogen-bond donors (Lipinski definition) is 1. The van der Waals surface area contributed by atoms with Crippen LogP contribution in [0.1, 0.15) is 42.4 Å². The summed E-state index contributed by atoms with van der Waals surface area (Å²) in [5.41, 5.74) is 4.51. The van der Waals surface area contributed by atoms with Crippen molar-refractivity contribution < 1.29 is 14.6 Å². The molecule has 3 rings (SSSR count). The molecule has 0 saturated heterocycles. The Bertz CT molecular complexity index is 885. The van der Waals surface area contributed by atoms with Crippen molar-refractivity contribution in [3.8, 4) is 5.75 Å². The van der Waals surface area contributed by atoms with Crippen LogP contribution in [0.4, 0.5) is 5.69 Å². The van der Waals surface area contributed by atoms with E-state index in [4.69, 9.17) is 17.0 Å². The fourth-order valence-corrected chi connectivity index (χ4v) is 4.57. The number of carboxylic acid groups (broad SMARTS) is 1. The van der Waals surface area contributed by atoms with Crippen LogP contribution in [0.2, 0.25) is 0 Å². The molecule has 1 aliphatic carbocycles. The largest absolute Gasteiger partial charge is 0.550 e. The van der Waals surface area contributed by atoms with Crippen LogP contribution in [0, 0.1) is 25.7 Å². The molecule has 0 heterocycles. The first-order valence-corrected chi connectivity index (χ1v) is 11.2. The number of methoxy groups -OCH3 is 1. The summed E-state index contributed by atoms with van der Waals surface area (Å²) in [6.07, 6.45) is 3.12. The molecule has 1 N–H and O–H groups in total. The highest BCUT2D eigenvalue weighted by molar-refractivity contribution is 7.80. The number of carbonyl (C=O) groups is 1. The minimum Gasteiger partial charge on any atom is -0.550 e. The van der Waals surface area contributed by atoms with Crippen molar-refractivity contribution in [3.05, 3.63) is 59.2 Å². The van der Waals surface area contributed by atoms with Gasteiger partial charge in [-0.2, -0.15) is 0 Å².